The van der Waals surface area contributed by atoms with Crippen LogP contribution in [0.3, 0.4) is 0 Å². The Kier molecular flexibility index (Phi) is 5.64. The minimum absolute atomic E-state index is 0.0256. The molecule has 2 rings (SSSR count). The van der Waals surface area contributed by atoms with Gasteiger partial charge in [0, 0.05) is 37.3 Å². The van der Waals surface area contributed by atoms with Gasteiger partial charge in [0.15, 0.2) is 0 Å². The van der Waals surface area contributed by atoms with E-state index in [0.29, 0.717) is 24.5 Å². The maximum absolute atomic E-state index is 11.9. The Bertz CT molecular complexity index is 586. The zero-order valence-electron chi connectivity index (χ0n) is 12.1. The number of amides is 1. The third-order valence-electron chi connectivity index (χ3n) is 3.31. The molecule has 0 fully saturated rings. The predicted molar refractivity (Wildman–Crippen MR) is 87.6 cm³/mol. The number of nitrogens with one attached hydrogen (secondary N) is 1. The van der Waals surface area contributed by atoms with Gasteiger partial charge in [-0.15, -0.1) is 0 Å². The van der Waals surface area contributed by atoms with Crippen LogP contribution in [0.1, 0.15) is 12.0 Å². The van der Waals surface area contributed by atoms with Gasteiger partial charge < -0.3 is 10.2 Å². The number of carbonyl (C=O) groups is 1. The van der Waals surface area contributed by atoms with Gasteiger partial charge in [0.25, 0.3) is 0 Å². The molecule has 0 saturated carbocycles. The van der Waals surface area contributed by atoms with Crippen molar-refractivity contribution in [3.8, 4) is 0 Å². The Morgan fingerprint density at radius 3 is 2.48 bits per heavy atom. The summed E-state index contributed by atoms with van der Waals surface area (Å²) in [5, 5.41) is 3.58. The van der Waals surface area contributed by atoms with Crippen LogP contribution in [-0.4, -0.2) is 19.5 Å². The minimum atomic E-state index is 0.0256. The Labute approximate surface area is 130 Å². The first-order valence-electron chi connectivity index (χ1n) is 6.93. The summed E-state index contributed by atoms with van der Waals surface area (Å²) >= 11 is 6.06. The second-order valence-corrected chi connectivity index (χ2v) is 5.28. The Morgan fingerprint density at radius 1 is 1.10 bits per heavy atom. The first-order chi connectivity index (χ1) is 10.2. The average Bonchev–Trinajstić information content (AvgIpc) is 2.52. The summed E-state index contributed by atoms with van der Waals surface area (Å²) in [6, 6.07) is 17.5. The van der Waals surface area contributed by atoms with Crippen molar-refractivity contribution in [2.24, 2.45) is 0 Å². The van der Waals surface area contributed by atoms with Crippen LogP contribution in [-0.2, 0) is 11.3 Å². The molecule has 0 aromatic heterocycles. The van der Waals surface area contributed by atoms with Crippen molar-refractivity contribution in [3.05, 3.63) is 65.2 Å². The second-order valence-electron chi connectivity index (χ2n) is 4.88. The van der Waals surface area contributed by atoms with E-state index >= 15 is 0 Å². The van der Waals surface area contributed by atoms with Crippen LogP contribution < -0.4 is 10.2 Å². The lowest BCUT2D eigenvalue weighted by molar-refractivity contribution is -0.121. The van der Waals surface area contributed by atoms with Gasteiger partial charge in [-0.2, -0.15) is 0 Å². The number of benzene rings is 2. The number of para-hydroxylation sites is 1. The molecule has 21 heavy (non-hydrogen) atoms. The van der Waals surface area contributed by atoms with Gasteiger partial charge in [0.2, 0.25) is 5.91 Å². The number of anilines is 1. The summed E-state index contributed by atoms with van der Waals surface area (Å²) < 4.78 is 0. The molecular formula is C17H19ClN2O. The lowest BCUT2D eigenvalue weighted by Crippen LogP contribution is -2.28. The summed E-state index contributed by atoms with van der Waals surface area (Å²) in [4.78, 5) is 13.9. The minimum Gasteiger partial charge on any atom is -0.374 e. The predicted octanol–water partition coefficient (Wildman–Crippen LogP) is 3.48. The van der Waals surface area contributed by atoms with Crippen LogP contribution in [0.25, 0.3) is 0 Å². The summed E-state index contributed by atoms with van der Waals surface area (Å²) in [6.07, 6.45) is 0.454. The normalized spacial score (nSPS) is 10.2. The third-order valence-corrected chi connectivity index (χ3v) is 3.67. The van der Waals surface area contributed by atoms with E-state index in [1.807, 2.05) is 61.6 Å². The zero-order chi connectivity index (χ0) is 15.1. The maximum atomic E-state index is 11.9. The molecule has 0 aliphatic rings. The van der Waals surface area contributed by atoms with Crippen molar-refractivity contribution in [1.82, 2.24) is 5.32 Å². The molecule has 0 aliphatic carbocycles. The van der Waals surface area contributed by atoms with E-state index in [9.17, 15) is 4.79 Å². The van der Waals surface area contributed by atoms with Gasteiger partial charge in [-0.05, 0) is 23.8 Å². The van der Waals surface area contributed by atoms with Crippen molar-refractivity contribution in [1.29, 1.82) is 0 Å². The SMILES string of the molecule is CN(CCC(=O)NCc1ccccc1Cl)c1ccccc1. The number of hydrogen-bond donors (Lipinski definition) is 1. The van der Waals surface area contributed by atoms with Crippen LogP contribution in [0, 0.1) is 0 Å². The van der Waals surface area contributed by atoms with E-state index in [2.05, 4.69) is 10.2 Å². The number of carbonyl (C=O) groups excluding carboxylic acids is 1. The highest BCUT2D eigenvalue weighted by Gasteiger charge is 2.06. The smallest absolute Gasteiger partial charge is 0.222 e. The zero-order valence-corrected chi connectivity index (χ0v) is 12.8. The van der Waals surface area contributed by atoms with Gasteiger partial charge in [-0.25, -0.2) is 0 Å². The topological polar surface area (TPSA) is 32.3 Å². The van der Waals surface area contributed by atoms with Gasteiger partial charge in [-0.1, -0.05) is 48.0 Å². The third kappa shape index (κ3) is 4.80. The number of nitrogens with zero attached hydrogens (tertiary/aromatic N) is 1. The molecule has 0 saturated heterocycles. The average molecular weight is 303 g/mol. The molecule has 0 spiro atoms. The molecule has 3 nitrogen and oxygen atoms in total. The van der Waals surface area contributed by atoms with Crippen molar-refractivity contribution in [2.45, 2.75) is 13.0 Å². The fourth-order valence-corrected chi connectivity index (χ4v) is 2.21. The Balaban J connectivity index is 1.76. The van der Waals surface area contributed by atoms with E-state index in [1.165, 1.54) is 0 Å². The Hall–Kier alpha value is -2.00. The highest BCUT2D eigenvalue weighted by atomic mass is 35.5. The molecular weight excluding hydrogens is 284 g/mol. The summed E-state index contributed by atoms with van der Waals surface area (Å²) in [5.74, 6) is 0.0256. The maximum Gasteiger partial charge on any atom is 0.222 e. The molecule has 0 heterocycles. The van der Waals surface area contributed by atoms with Crippen LogP contribution in [0.2, 0.25) is 5.02 Å². The van der Waals surface area contributed by atoms with Crippen LogP contribution in [0.4, 0.5) is 5.69 Å². The van der Waals surface area contributed by atoms with Crippen LogP contribution >= 0.6 is 11.6 Å². The van der Waals surface area contributed by atoms with Crippen molar-refractivity contribution < 1.29 is 4.79 Å². The first kappa shape index (κ1) is 15.4. The van der Waals surface area contributed by atoms with Gasteiger partial charge in [0.05, 0.1) is 0 Å². The van der Waals surface area contributed by atoms with E-state index in [4.69, 9.17) is 11.6 Å². The molecule has 0 unspecified atom stereocenters. The number of halogens is 1. The quantitative estimate of drug-likeness (QED) is 0.886. The summed E-state index contributed by atoms with van der Waals surface area (Å²) in [6.45, 7) is 1.14. The monoisotopic (exact) mass is 302 g/mol. The molecule has 2 aromatic carbocycles. The fourth-order valence-electron chi connectivity index (χ4n) is 2.00. The molecule has 2 aromatic rings. The Morgan fingerprint density at radius 2 is 1.76 bits per heavy atom. The van der Waals surface area contributed by atoms with Crippen LogP contribution in [0.5, 0.6) is 0 Å². The molecule has 0 atom stereocenters. The van der Waals surface area contributed by atoms with Crippen molar-refractivity contribution >= 4 is 23.2 Å². The van der Waals surface area contributed by atoms with E-state index < -0.39 is 0 Å². The van der Waals surface area contributed by atoms with Crippen LogP contribution in [0.15, 0.2) is 54.6 Å². The molecule has 110 valence electrons. The fraction of sp³-hybridized carbons (Fsp3) is 0.235. The first-order valence-corrected chi connectivity index (χ1v) is 7.31. The molecule has 1 amide bonds. The number of rotatable bonds is 6. The van der Waals surface area contributed by atoms with Crippen molar-refractivity contribution in [3.63, 3.8) is 0 Å². The lowest BCUT2D eigenvalue weighted by Gasteiger charge is -2.18. The summed E-state index contributed by atoms with van der Waals surface area (Å²) in [7, 11) is 1.98. The van der Waals surface area contributed by atoms with E-state index in [-0.39, 0.29) is 5.91 Å². The second kappa shape index (κ2) is 7.70. The number of hydrogen-bond acceptors (Lipinski definition) is 2. The molecule has 0 aliphatic heterocycles. The molecule has 0 radical (unpaired) electrons. The standard InChI is InChI=1S/C17H19ClN2O/c1-20(15-8-3-2-4-9-15)12-11-17(21)19-13-14-7-5-6-10-16(14)18/h2-10H,11-13H2,1H3,(H,19,21). The summed E-state index contributed by atoms with van der Waals surface area (Å²) in [5.41, 5.74) is 2.04. The molecule has 4 heteroatoms. The van der Waals surface area contributed by atoms with Gasteiger partial charge in [0.1, 0.15) is 0 Å². The van der Waals surface area contributed by atoms with Gasteiger partial charge in [-0.3, -0.25) is 4.79 Å². The molecule has 0 bridgehead atoms. The van der Waals surface area contributed by atoms with E-state index in [1.54, 1.807) is 0 Å². The lowest BCUT2D eigenvalue weighted by atomic mass is 10.2. The largest absolute Gasteiger partial charge is 0.374 e. The van der Waals surface area contributed by atoms with E-state index in [0.717, 1.165) is 11.3 Å². The van der Waals surface area contributed by atoms with Crippen molar-refractivity contribution in [2.75, 3.05) is 18.5 Å². The van der Waals surface area contributed by atoms with Gasteiger partial charge >= 0.3 is 0 Å². The highest BCUT2D eigenvalue weighted by molar-refractivity contribution is 6.31. The molecule has 1 N–H and O–H groups in total. The highest BCUT2D eigenvalue weighted by Crippen LogP contribution is 2.14.